The number of anilines is 2. The summed E-state index contributed by atoms with van der Waals surface area (Å²) in [6.07, 6.45) is 2.05. The van der Waals surface area contributed by atoms with Gasteiger partial charge in [-0.25, -0.2) is 0 Å². The minimum atomic E-state index is -0.233. The Balaban J connectivity index is 2.04. The van der Waals surface area contributed by atoms with Crippen LogP contribution in [0.15, 0.2) is 46.9 Å². The molecule has 0 saturated heterocycles. The molecule has 2 aromatic rings. The molecular formula is C21H25BrN2O3. The molecule has 27 heavy (non-hydrogen) atoms. The van der Waals surface area contributed by atoms with Crippen molar-refractivity contribution in [3.63, 3.8) is 0 Å². The fourth-order valence-corrected chi connectivity index (χ4v) is 2.74. The van der Waals surface area contributed by atoms with Gasteiger partial charge in [0.15, 0.2) is 0 Å². The van der Waals surface area contributed by atoms with Gasteiger partial charge in [0, 0.05) is 22.9 Å². The summed E-state index contributed by atoms with van der Waals surface area (Å²) in [5.74, 6) is 0.307. The standard InChI is InChI=1S/C21H25BrN2O3/c1-4-5-11-27-19-10-9-15(12-18(19)22)21(26)24-17-8-6-7-16(13-17)23-20(25)14(2)3/h6-10,12-14H,4-5,11H2,1-3H3,(H,23,25)(H,24,26). The van der Waals surface area contributed by atoms with Crippen LogP contribution in [0.5, 0.6) is 5.75 Å². The van der Waals surface area contributed by atoms with E-state index in [0.717, 1.165) is 23.1 Å². The van der Waals surface area contributed by atoms with E-state index < -0.39 is 0 Å². The first-order valence-electron chi connectivity index (χ1n) is 9.05. The fraction of sp³-hybridized carbons (Fsp3) is 0.333. The van der Waals surface area contributed by atoms with Gasteiger partial charge in [0.1, 0.15) is 5.75 Å². The highest BCUT2D eigenvalue weighted by atomic mass is 79.9. The van der Waals surface area contributed by atoms with E-state index in [0.29, 0.717) is 23.5 Å². The molecule has 2 N–H and O–H groups in total. The van der Waals surface area contributed by atoms with E-state index in [9.17, 15) is 9.59 Å². The molecule has 0 radical (unpaired) electrons. The smallest absolute Gasteiger partial charge is 0.255 e. The Labute approximate surface area is 168 Å². The minimum Gasteiger partial charge on any atom is -0.492 e. The average Bonchev–Trinajstić information content (AvgIpc) is 2.63. The van der Waals surface area contributed by atoms with Crippen LogP contribution in [0.1, 0.15) is 44.0 Å². The van der Waals surface area contributed by atoms with Crippen molar-refractivity contribution in [2.45, 2.75) is 33.6 Å². The first-order chi connectivity index (χ1) is 12.9. The summed E-state index contributed by atoms with van der Waals surface area (Å²) in [4.78, 5) is 24.3. The zero-order valence-electron chi connectivity index (χ0n) is 15.8. The number of carbonyl (C=O) groups excluding carboxylic acids is 2. The molecule has 2 rings (SSSR count). The SMILES string of the molecule is CCCCOc1ccc(C(=O)Nc2cccc(NC(=O)C(C)C)c2)cc1Br. The molecule has 6 heteroatoms. The maximum atomic E-state index is 12.5. The number of unbranched alkanes of at least 4 members (excludes halogenated alkanes) is 1. The maximum absolute atomic E-state index is 12.5. The molecule has 0 aliphatic rings. The van der Waals surface area contributed by atoms with Crippen molar-refractivity contribution >= 4 is 39.1 Å². The second-order valence-corrected chi connectivity index (χ2v) is 7.38. The van der Waals surface area contributed by atoms with Crippen LogP contribution in [0, 0.1) is 5.92 Å². The highest BCUT2D eigenvalue weighted by Crippen LogP contribution is 2.27. The van der Waals surface area contributed by atoms with E-state index in [1.54, 1.807) is 42.5 Å². The predicted octanol–water partition coefficient (Wildman–Crippen LogP) is 5.47. The van der Waals surface area contributed by atoms with Gasteiger partial charge < -0.3 is 15.4 Å². The fourth-order valence-electron chi connectivity index (χ4n) is 2.25. The Hall–Kier alpha value is -2.34. The van der Waals surface area contributed by atoms with Gasteiger partial charge in [-0.3, -0.25) is 9.59 Å². The summed E-state index contributed by atoms with van der Waals surface area (Å²) in [5, 5.41) is 5.67. The van der Waals surface area contributed by atoms with E-state index >= 15 is 0 Å². The summed E-state index contributed by atoms with van der Waals surface area (Å²) >= 11 is 3.45. The normalized spacial score (nSPS) is 10.6. The number of nitrogens with one attached hydrogen (secondary N) is 2. The molecular weight excluding hydrogens is 408 g/mol. The van der Waals surface area contributed by atoms with E-state index in [1.165, 1.54) is 0 Å². The largest absolute Gasteiger partial charge is 0.492 e. The molecule has 0 heterocycles. The van der Waals surface area contributed by atoms with Crippen LogP contribution in [-0.2, 0) is 4.79 Å². The molecule has 0 aromatic heterocycles. The van der Waals surface area contributed by atoms with Crippen LogP contribution >= 0.6 is 15.9 Å². The molecule has 0 atom stereocenters. The van der Waals surface area contributed by atoms with Crippen molar-refractivity contribution in [1.29, 1.82) is 0 Å². The van der Waals surface area contributed by atoms with Crippen LogP contribution in [0.2, 0.25) is 0 Å². The number of halogens is 1. The highest BCUT2D eigenvalue weighted by molar-refractivity contribution is 9.10. The average molecular weight is 433 g/mol. The van der Waals surface area contributed by atoms with E-state index in [4.69, 9.17) is 4.74 Å². The van der Waals surface area contributed by atoms with Gasteiger partial charge >= 0.3 is 0 Å². The minimum absolute atomic E-state index is 0.0685. The molecule has 0 unspecified atom stereocenters. The number of hydrogen-bond donors (Lipinski definition) is 2. The molecule has 0 fully saturated rings. The van der Waals surface area contributed by atoms with Crippen molar-refractivity contribution in [3.8, 4) is 5.75 Å². The summed E-state index contributed by atoms with van der Waals surface area (Å²) in [6.45, 7) is 6.41. The molecule has 0 aliphatic heterocycles. The molecule has 0 bridgehead atoms. The molecule has 144 valence electrons. The van der Waals surface area contributed by atoms with Crippen molar-refractivity contribution in [3.05, 3.63) is 52.5 Å². The van der Waals surface area contributed by atoms with Gasteiger partial charge in [-0.1, -0.05) is 33.3 Å². The number of hydrogen-bond acceptors (Lipinski definition) is 3. The zero-order chi connectivity index (χ0) is 19.8. The van der Waals surface area contributed by atoms with Crippen LogP contribution in [-0.4, -0.2) is 18.4 Å². The second-order valence-electron chi connectivity index (χ2n) is 6.53. The van der Waals surface area contributed by atoms with Crippen molar-refractivity contribution in [2.75, 3.05) is 17.2 Å². The molecule has 5 nitrogen and oxygen atoms in total. The summed E-state index contributed by atoms with van der Waals surface area (Å²) in [7, 11) is 0. The third-order valence-corrected chi connectivity index (χ3v) is 4.48. The van der Waals surface area contributed by atoms with Gasteiger partial charge in [-0.2, -0.15) is 0 Å². The predicted molar refractivity (Wildman–Crippen MR) is 112 cm³/mol. The van der Waals surface area contributed by atoms with Crippen molar-refractivity contribution in [1.82, 2.24) is 0 Å². The molecule has 0 aliphatic carbocycles. The number of amides is 2. The molecule has 0 saturated carbocycles. The Morgan fingerprint density at radius 3 is 2.41 bits per heavy atom. The van der Waals surface area contributed by atoms with Crippen molar-refractivity contribution in [2.24, 2.45) is 5.92 Å². The third-order valence-electron chi connectivity index (χ3n) is 3.86. The van der Waals surface area contributed by atoms with Gasteiger partial charge in [0.05, 0.1) is 11.1 Å². The Kier molecular flexibility index (Phi) is 7.85. The summed E-state index contributed by atoms with van der Waals surface area (Å²) in [5.41, 5.74) is 1.77. The molecule has 2 amide bonds. The van der Waals surface area contributed by atoms with E-state index in [-0.39, 0.29) is 17.7 Å². The summed E-state index contributed by atoms with van der Waals surface area (Å²) in [6, 6.07) is 12.3. The molecule has 0 spiro atoms. The lowest BCUT2D eigenvalue weighted by atomic mass is 10.2. The lowest BCUT2D eigenvalue weighted by Gasteiger charge is -2.11. The van der Waals surface area contributed by atoms with Gasteiger partial charge in [-0.15, -0.1) is 0 Å². The van der Waals surface area contributed by atoms with E-state index in [1.807, 2.05) is 13.8 Å². The summed E-state index contributed by atoms with van der Waals surface area (Å²) < 4.78 is 6.42. The Bertz CT molecular complexity index is 806. The number of carbonyl (C=O) groups is 2. The monoisotopic (exact) mass is 432 g/mol. The Morgan fingerprint density at radius 2 is 1.78 bits per heavy atom. The third kappa shape index (κ3) is 6.40. The van der Waals surface area contributed by atoms with E-state index in [2.05, 4.69) is 33.5 Å². The van der Waals surface area contributed by atoms with Crippen LogP contribution < -0.4 is 15.4 Å². The van der Waals surface area contributed by atoms with Gasteiger partial charge in [0.25, 0.3) is 5.91 Å². The quantitative estimate of drug-likeness (QED) is 0.542. The van der Waals surface area contributed by atoms with Gasteiger partial charge in [-0.05, 0) is 58.7 Å². The highest BCUT2D eigenvalue weighted by Gasteiger charge is 2.11. The van der Waals surface area contributed by atoms with Crippen molar-refractivity contribution < 1.29 is 14.3 Å². The van der Waals surface area contributed by atoms with Crippen LogP contribution in [0.3, 0.4) is 0 Å². The topological polar surface area (TPSA) is 67.4 Å². The zero-order valence-corrected chi connectivity index (χ0v) is 17.4. The lowest BCUT2D eigenvalue weighted by Crippen LogP contribution is -2.18. The lowest BCUT2D eigenvalue weighted by molar-refractivity contribution is -0.118. The Morgan fingerprint density at radius 1 is 1.07 bits per heavy atom. The second kappa shape index (κ2) is 10.1. The number of benzene rings is 2. The maximum Gasteiger partial charge on any atom is 0.255 e. The molecule has 2 aromatic carbocycles. The first-order valence-corrected chi connectivity index (χ1v) is 9.84. The number of rotatable bonds is 8. The van der Waals surface area contributed by atoms with Gasteiger partial charge in [0.2, 0.25) is 5.91 Å². The number of ether oxygens (including phenoxy) is 1. The first kappa shape index (κ1) is 21.0. The van der Waals surface area contributed by atoms with Crippen LogP contribution in [0.25, 0.3) is 0 Å². The van der Waals surface area contributed by atoms with Crippen LogP contribution in [0.4, 0.5) is 11.4 Å².